The van der Waals surface area contributed by atoms with Gasteiger partial charge < -0.3 is 5.11 Å². The van der Waals surface area contributed by atoms with Crippen LogP contribution in [0.2, 0.25) is 5.02 Å². The molecule has 0 amide bonds. The first-order valence-corrected chi connectivity index (χ1v) is 7.68. The topological polar surface area (TPSA) is 74.6 Å². The number of nitrogens with one attached hydrogen (secondary N) is 1. The van der Waals surface area contributed by atoms with Crippen molar-refractivity contribution < 1.29 is 23.1 Å². The molecular formula is C17H11ClF3N3O2. The van der Waals surface area contributed by atoms with Crippen LogP contribution in [0.1, 0.15) is 28.4 Å². The zero-order valence-electron chi connectivity index (χ0n) is 13.2. The first kappa shape index (κ1) is 17.9. The van der Waals surface area contributed by atoms with Crippen molar-refractivity contribution in [3.05, 3.63) is 63.8 Å². The van der Waals surface area contributed by atoms with Crippen molar-refractivity contribution in [2.45, 2.75) is 13.1 Å². The summed E-state index contributed by atoms with van der Waals surface area (Å²) in [5, 5.41) is 13.9. The van der Waals surface area contributed by atoms with Crippen LogP contribution in [0.25, 0.3) is 5.76 Å². The SMILES string of the molecule is CC(=NNc1ncc(C(F)(F)F)cc1Cl)C1=C(O)c2ccccc2C1=O. The van der Waals surface area contributed by atoms with Gasteiger partial charge in [-0.25, -0.2) is 4.98 Å². The maximum absolute atomic E-state index is 12.6. The largest absolute Gasteiger partial charge is 0.506 e. The second-order valence-corrected chi connectivity index (χ2v) is 5.87. The third kappa shape index (κ3) is 3.15. The van der Waals surface area contributed by atoms with Gasteiger partial charge in [-0.15, -0.1) is 0 Å². The third-order valence-electron chi connectivity index (χ3n) is 3.75. The summed E-state index contributed by atoms with van der Waals surface area (Å²) in [6, 6.07) is 7.25. The Kier molecular flexibility index (Phi) is 4.45. The fraction of sp³-hybridized carbons (Fsp3) is 0.118. The summed E-state index contributed by atoms with van der Waals surface area (Å²) in [5.41, 5.74) is 2.31. The standard InChI is InChI=1S/C17H11ClF3N3O2/c1-8(13-14(25)10-4-2-3-5-11(10)15(13)26)23-24-16-12(18)6-9(7-22-16)17(19,20)21/h2-7,25H,1H3,(H,22,24). The molecule has 2 aromatic rings. The van der Waals surface area contributed by atoms with Gasteiger partial charge in [0.15, 0.2) is 11.6 Å². The molecule has 2 N–H and O–H groups in total. The molecule has 0 saturated heterocycles. The maximum atomic E-state index is 12.6. The lowest BCUT2D eigenvalue weighted by atomic mass is 10.1. The highest BCUT2D eigenvalue weighted by atomic mass is 35.5. The van der Waals surface area contributed by atoms with Crippen molar-refractivity contribution in [1.82, 2.24) is 4.98 Å². The summed E-state index contributed by atoms with van der Waals surface area (Å²) in [4.78, 5) is 16.0. The minimum absolute atomic E-state index is 0.00161. The second kappa shape index (κ2) is 6.45. The van der Waals surface area contributed by atoms with Gasteiger partial charge in [-0.05, 0) is 13.0 Å². The molecule has 0 unspecified atom stereocenters. The highest BCUT2D eigenvalue weighted by Gasteiger charge is 2.32. The van der Waals surface area contributed by atoms with Crippen LogP contribution in [0.5, 0.6) is 0 Å². The molecule has 26 heavy (non-hydrogen) atoms. The number of alkyl halides is 3. The van der Waals surface area contributed by atoms with E-state index >= 15 is 0 Å². The summed E-state index contributed by atoms with van der Waals surface area (Å²) in [6.07, 6.45) is -3.95. The number of pyridine rings is 1. The number of fused-ring (bicyclic) bond motifs is 1. The number of carbonyl (C=O) groups excluding carboxylic acids is 1. The highest BCUT2D eigenvalue weighted by Crippen LogP contribution is 2.33. The number of hydrazone groups is 1. The Morgan fingerprint density at radius 3 is 2.50 bits per heavy atom. The van der Waals surface area contributed by atoms with E-state index in [1.807, 2.05) is 0 Å². The van der Waals surface area contributed by atoms with Gasteiger partial charge >= 0.3 is 6.18 Å². The van der Waals surface area contributed by atoms with Gasteiger partial charge in [0.2, 0.25) is 0 Å². The number of anilines is 1. The van der Waals surface area contributed by atoms with Gasteiger partial charge in [0.05, 0.1) is 21.9 Å². The van der Waals surface area contributed by atoms with E-state index in [0.29, 0.717) is 17.3 Å². The summed E-state index contributed by atoms with van der Waals surface area (Å²) in [6.45, 7) is 1.47. The number of hydrogen-bond acceptors (Lipinski definition) is 5. The van der Waals surface area contributed by atoms with E-state index in [4.69, 9.17) is 11.6 Å². The minimum atomic E-state index is -4.56. The molecule has 0 bridgehead atoms. The fourth-order valence-corrected chi connectivity index (χ4v) is 2.68. The predicted molar refractivity (Wildman–Crippen MR) is 91.3 cm³/mol. The molecular weight excluding hydrogens is 371 g/mol. The third-order valence-corrected chi connectivity index (χ3v) is 4.04. The van der Waals surface area contributed by atoms with E-state index in [0.717, 1.165) is 6.07 Å². The number of ketones is 1. The Morgan fingerprint density at radius 1 is 1.27 bits per heavy atom. The van der Waals surface area contributed by atoms with Crippen LogP contribution in [0.3, 0.4) is 0 Å². The molecule has 1 aliphatic rings. The molecule has 0 radical (unpaired) electrons. The van der Waals surface area contributed by atoms with Crippen molar-refractivity contribution in [3.8, 4) is 0 Å². The number of aliphatic hydroxyl groups is 1. The second-order valence-electron chi connectivity index (χ2n) is 5.46. The highest BCUT2D eigenvalue weighted by molar-refractivity contribution is 6.35. The molecule has 9 heteroatoms. The van der Waals surface area contributed by atoms with Crippen LogP contribution in [0.4, 0.5) is 19.0 Å². The van der Waals surface area contributed by atoms with E-state index in [1.54, 1.807) is 24.3 Å². The molecule has 0 atom stereocenters. The van der Waals surface area contributed by atoms with Crippen LogP contribution in [-0.4, -0.2) is 21.6 Å². The number of Topliss-reactive ketones (excluding diaryl/α,β-unsaturated/α-hetero) is 1. The lowest BCUT2D eigenvalue weighted by Gasteiger charge is -2.09. The number of aliphatic hydroxyl groups excluding tert-OH is 1. The van der Waals surface area contributed by atoms with Gasteiger partial charge in [0.25, 0.3) is 0 Å². The molecule has 1 heterocycles. The molecule has 0 fully saturated rings. The van der Waals surface area contributed by atoms with Gasteiger partial charge in [-0.2, -0.15) is 18.3 Å². The number of hydrogen-bond donors (Lipinski definition) is 2. The zero-order valence-corrected chi connectivity index (χ0v) is 14.0. The van der Waals surface area contributed by atoms with Crippen LogP contribution < -0.4 is 5.43 Å². The van der Waals surface area contributed by atoms with Gasteiger partial charge in [0, 0.05) is 17.3 Å². The molecule has 134 valence electrons. The average Bonchev–Trinajstić information content (AvgIpc) is 2.84. The molecule has 1 aliphatic carbocycles. The Balaban J connectivity index is 1.86. The number of benzene rings is 1. The first-order chi connectivity index (χ1) is 12.2. The summed E-state index contributed by atoms with van der Waals surface area (Å²) in [7, 11) is 0. The molecule has 3 rings (SSSR count). The van der Waals surface area contributed by atoms with E-state index in [-0.39, 0.29) is 27.9 Å². The van der Waals surface area contributed by atoms with Crippen molar-refractivity contribution in [2.24, 2.45) is 5.10 Å². The minimum Gasteiger partial charge on any atom is -0.506 e. The number of carbonyl (C=O) groups is 1. The lowest BCUT2D eigenvalue weighted by Crippen LogP contribution is -2.10. The number of nitrogens with zero attached hydrogens (tertiary/aromatic N) is 2. The predicted octanol–water partition coefficient (Wildman–Crippen LogP) is 4.71. The molecule has 5 nitrogen and oxygen atoms in total. The Morgan fingerprint density at radius 2 is 1.92 bits per heavy atom. The van der Waals surface area contributed by atoms with Crippen molar-refractivity contribution in [2.75, 3.05) is 5.43 Å². The molecule has 0 saturated carbocycles. The number of rotatable bonds is 3. The van der Waals surface area contributed by atoms with Gasteiger partial charge in [0.1, 0.15) is 5.76 Å². The Hall–Kier alpha value is -2.87. The molecule has 0 aliphatic heterocycles. The molecule has 1 aromatic heterocycles. The van der Waals surface area contributed by atoms with Crippen molar-refractivity contribution >= 4 is 34.7 Å². The van der Waals surface area contributed by atoms with E-state index in [1.165, 1.54) is 6.92 Å². The van der Waals surface area contributed by atoms with Gasteiger partial charge in [-0.3, -0.25) is 10.2 Å². The number of allylic oxidation sites excluding steroid dienone is 1. The lowest BCUT2D eigenvalue weighted by molar-refractivity contribution is -0.137. The monoisotopic (exact) mass is 381 g/mol. The van der Waals surface area contributed by atoms with Crippen LogP contribution in [0, 0.1) is 0 Å². The van der Waals surface area contributed by atoms with Crippen molar-refractivity contribution in [1.29, 1.82) is 0 Å². The Bertz CT molecular complexity index is 968. The van der Waals surface area contributed by atoms with E-state index < -0.39 is 17.5 Å². The van der Waals surface area contributed by atoms with Crippen molar-refractivity contribution in [3.63, 3.8) is 0 Å². The van der Waals surface area contributed by atoms with Crippen LogP contribution in [-0.2, 0) is 6.18 Å². The normalized spacial score (nSPS) is 14.7. The average molecular weight is 382 g/mol. The first-order valence-electron chi connectivity index (χ1n) is 7.31. The number of aromatic nitrogens is 1. The number of halogens is 4. The van der Waals surface area contributed by atoms with Gasteiger partial charge in [-0.1, -0.05) is 35.9 Å². The molecule has 0 spiro atoms. The van der Waals surface area contributed by atoms with E-state index in [2.05, 4.69) is 15.5 Å². The molecule has 1 aromatic carbocycles. The van der Waals surface area contributed by atoms with Crippen LogP contribution in [0.15, 0.2) is 47.2 Å². The zero-order chi connectivity index (χ0) is 19.1. The Labute approximate surface area is 150 Å². The summed E-state index contributed by atoms with van der Waals surface area (Å²) >= 11 is 5.79. The van der Waals surface area contributed by atoms with E-state index in [9.17, 15) is 23.1 Å². The fourth-order valence-electron chi connectivity index (χ4n) is 2.47. The maximum Gasteiger partial charge on any atom is 0.417 e. The van der Waals surface area contributed by atoms with Crippen LogP contribution >= 0.6 is 11.6 Å². The summed E-state index contributed by atoms with van der Waals surface area (Å²) < 4.78 is 37.8. The quantitative estimate of drug-likeness (QED) is 0.596. The smallest absolute Gasteiger partial charge is 0.417 e. The summed E-state index contributed by atoms with van der Waals surface area (Å²) in [5.74, 6) is -0.713.